The summed E-state index contributed by atoms with van der Waals surface area (Å²) in [6.45, 7) is 1.67. The zero-order chi connectivity index (χ0) is 19.5. The summed E-state index contributed by atoms with van der Waals surface area (Å²) in [5.74, 6) is 0.0318. The molecule has 0 aliphatic heterocycles. The van der Waals surface area contributed by atoms with Crippen LogP contribution in [0.4, 0.5) is 0 Å². The Hall–Kier alpha value is -3.03. The number of benzene rings is 2. The predicted octanol–water partition coefficient (Wildman–Crippen LogP) is 5.43. The smallest absolute Gasteiger partial charge is 0.358 e. The molecule has 6 nitrogen and oxygen atoms in total. The van der Waals surface area contributed by atoms with Crippen molar-refractivity contribution in [1.82, 2.24) is 15.2 Å². The Morgan fingerprint density at radius 3 is 2.68 bits per heavy atom. The molecule has 140 valence electrons. The van der Waals surface area contributed by atoms with Crippen LogP contribution in [0.3, 0.4) is 0 Å². The van der Waals surface area contributed by atoms with Gasteiger partial charge in [-0.1, -0.05) is 41.9 Å². The molecule has 2 heterocycles. The van der Waals surface area contributed by atoms with E-state index >= 15 is 0 Å². The van der Waals surface area contributed by atoms with Gasteiger partial charge in [0.25, 0.3) is 5.89 Å². The van der Waals surface area contributed by atoms with Crippen LogP contribution in [0, 0.1) is 0 Å². The van der Waals surface area contributed by atoms with Gasteiger partial charge in [-0.25, -0.2) is 9.78 Å². The van der Waals surface area contributed by atoms with Gasteiger partial charge in [0.15, 0.2) is 11.8 Å². The largest absolute Gasteiger partial charge is 0.448 e. The van der Waals surface area contributed by atoms with Crippen LogP contribution in [0.5, 0.6) is 0 Å². The summed E-state index contributed by atoms with van der Waals surface area (Å²) in [7, 11) is 0. The summed E-state index contributed by atoms with van der Waals surface area (Å²) in [5, 5.41) is 10.9. The number of carbonyl (C=O) groups excluding carboxylic acids is 1. The Balaban J connectivity index is 1.46. The summed E-state index contributed by atoms with van der Waals surface area (Å²) in [6, 6.07) is 16.7. The highest BCUT2D eigenvalue weighted by Gasteiger charge is 2.21. The Morgan fingerprint density at radius 1 is 1.11 bits per heavy atom. The fourth-order valence-corrected chi connectivity index (χ4v) is 3.47. The number of carbonyl (C=O) groups is 1. The van der Waals surface area contributed by atoms with E-state index in [0.29, 0.717) is 15.9 Å². The van der Waals surface area contributed by atoms with Crippen LogP contribution in [0.25, 0.3) is 22.0 Å². The molecule has 0 spiro atoms. The van der Waals surface area contributed by atoms with E-state index in [4.69, 9.17) is 20.8 Å². The van der Waals surface area contributed by atoms with Crippen molar-refractivity contribution in [2.75, 3.05) is 0 Å². The molecule has 0 aliphatic rings. The molecule has 4 aromatic rings. The number of hydrogen-bond donors (Lipinski definition) is 0. The van der Waals surface area contributed by atoms with E-state index in [1.165, 1.54) is 11.3 Å². The van der Waals surface area contributed by atoms with Crippen molar-refractivity contribution in [3.63, 3.8) is 0 Å². The van der Waals surface area contributed by atoms with Gasteiger partial charge in [0.2, 0.25) is 5.89 Å². The quantitative estimate of drug-likeness (QED) is 0.407. The van der Waals surface area contributed by atoms with Gasteiger partial charge in [0.1, 0.15) is 5.01 Å². The first kappa shape index (κ1) is 18.3. The molecule has 0 bridgehead atoms. The molecule has 0 amide bonds. The Kier molecular flexibility index (Phi) is 5.18. The van der Waals surface area contributed by atoms with Gasteiger partial charge >= 0.3 is 5.97 Å². The van der Waals surface area contributed by atoms with Crippen molar-refractivity contribution in [2.45, 2.75) is 13.0 Å². The van der Waals surface area contributed by atoms with Crippen LogP contribution in [0.15, 0.2) is 64.4 Å². The third kappa shape index (κ3) is 3.95. The summed E-state index contributed by atoms with van der Waals surface area (Å²) in [5.41, 5.74) is 1.86. The summed E-state index contributed by atoms with van der Waals surface area (Å²) < 4.78 is 11.1. The van der Waals surface area contributed by atoms with Gasteiger partial charge in [-0.05, 0) is 31.2 Å². The van der Waals surface area contributed by atoms with Crippen LogP contribution in [0.2, 0.25) is 5.02 Å². The van der Waals surface area contributed by atoms with Crippen LogP contribution in [-0.2, 0) is 4.74 Å². The van der Waals surface area contributed by atoms with Crippen LogP contribution in [0.1, 0.15) is 29.4 Å². The molecular weight excluding hydrogens is 398 g/mol. The molecule has 0 N–H and O–H groups in total. The Labute approximate surface area is 169 Å². The minimum absolute atomic E-state index is 0.217. The lowest BCUT2D eigenvalue weighted by Gasteiger charge is -2.07. The summed E-state index contributed by atoms with van der Waals surface area (Å²) in [4.78, 5) is 16.8. The van der Waals surface area contributed by atoms with Crippen molar-refractivity contribution in [2.24, 2.45) is 0 Å². The number of nitrogens with zero attached hydrogens (tertiary/aromatic N) is 3. The fourth-order valence-electron chi connectivity index (χ4n) is 2.49. The number of ether oxygens (including phenoxy) is 1. The van der Waals surface area contributed by atoms with Gasteiger partial charge in [-0.2, -0.15) is 0 Å². The van der Waals surface area contributed by atoms with Crippen LogP contribution in [-0.4, -0.2) is 21.2 Å². The summed E-state index contributed by atoms with van der Waals surface area (Å²) in [6.07, 6.45) is -0.700. The van der Waals surface area contributed by atoms with Crippen LogP contribution >= 0.6 is 22.9 Å². The van der Waals surface area contributed by atoms with E-state index in [1.807, 2.05) is 42.5 Å². The lowest BCUT2D eigenvalue weighted by molar-refractivity contribution is 0.0274. The van der Waals surface area contributed by atoms with E-state index in [-0.39, 0.29) is 11.6 Å². The second-order valence-corrected chi connectivity index (χ2v) is 7.20. The molecule has 2 aromatic carbocycles. The molecular formula is C20H14ClN3O3S. The predicted molar refractivity (Wildman–Crippen MR) is 106 cm³/mol. The van der Waals surface area contributed by atoms with Gasteiger partial charge in [0, 0.05) is 21.5 Å². The highest BCUT2D eigenvalue weighted by Crippen LogP contribution is 2.27. The van der Waals surface area contributed by atoms with E-state index in [9.17, 15) is 4.79 Å². The Bertz CT molecular complexity index is 1110. The third-order valence-corrected chi connectivity index (χ3v) is 5.00. The maximum absolute atomic E-state index is 12.4. The molecule has 4 rings (SSSR count). The molecule has 0 fully saturated rings. The lowest BCUT2D eigenvalue weighted by Crippen LogP contribution is -2.10. The molecule has 28 heavy (non-hydrogen) atoms. The fraction of sp³-hybridized carbons (Fsp3) is 0.100. The van der Waals surface area contributed by atoms with E-state index in [1.54, 1.807) is 24.4 Å². The first-order valence-corrected chi connectivity index (χ1v) is 9.67. The molecule has 1 atom stereocenters. The first-order chi connectivity index (χ1) is 13.6. The average Bonchev–Trinajstić information content (AvgIpc) is 3.39. The first-order valence-electron chi connectivity index (χ1n) is 8.41. The monoisotopic (exact) mass is 411 g/mol. The van der Waals surface area contributed by atoms with Gasteiger partial charge in [-0.3, -0.25) is 0 Å². The maximum Gasteiger partial charge on any atom is 0.358 e. The number of halogens is 1. The Morgan fingerprint density at radius 2 is 1.89 bits per heavy atom. The maximum atomic E-state index is 12.4. The molecule has 0 radical (unpaired) electrons. The van der Waals surface area contributed by atoms with Gasteiger partial charge < -0.3 is 9.15 Å². The normalized spacial score (nSPS) is 11.9. The highest BCUT2D eigenvalue weighted by molar-refractivity contribution is 7.13. The SMILES string of the molecule is C[C@@H](OC(=O)c1csc(-c2cccc(Cl)c2)n1)c1nnc(-c2ccccc2)o1. The van der Waals surface area contributed by atoms with Crippen molar-refractivity contribution in [3.8, 4) is 22.0 Å². The number of aromatic nitrogens is 3. The lowest BCUT2D eigenvalue weighted by atomic mass is 10.2. The van der Waals surface area contributed by atoms with Crippen molar-refractivity contribution in [1.29, 1.82) is 0 Å². The van der Waals surface area contributed by atoms with Gasteiger partial charge in [0.05, 0.1) is 0 Å². The highest BCUT2D eigenvalue weighted by atomic mass is 35.5. The van der Waals surface area contributed by atoms with Gasteiger partial charge in [-0.15, -0.1) is 21.5 Å². The molecule has 0 saturated carbocycles. The van der Waals surface area contributed by atoms with Crippen LogP contribution < -0.4 is 0 Å². The second-order valence-electron chi connectivity index (χ2n) is 5.91. The topological polar surface area (TPSA) is 78.1 Å². The number of thiazole rings is 1. The molecule has 0 saturated heterocycles. The summed E-state index contributed by atoms with van der Waals surface area (Å²) >= 11 is 7.35. The number of hydrogen-bond acceptors (Lipinski definition) is 7. The van der Waals surface area contributed by atoms with Crippen molar-refractivity contribution in [3.05, 3.63) is 76.6 Å². The zero-order valence-corrected chi connectivity index (χ0v) is 16.3. The van der Waals surface area contributed by atoms with E-state index < -0.39 is 12.1 Å². The van der Waals surface area contributed by atoms with E-state index in [2.05, 4.69) is 15.2 Å². The minimum atomic E-state index is -0.700. The van der Waals surface area contributed by atoms with Crippen molar-refractivity contribution >= 4 is 28.9 Å². The zero-order valence-electron chi connectivity index (χ0n) is 14.7. The third-order valence-electron chi connectivity index (χ3n) is 3.88. The second kappa shape index (κ2) is 7.92. The molecule has 0 aliphatic carbocycles. The molecule has 8 heteroatoms. The minimum Gasteiger partial charge on any atom is -0.448 e. The van der Waals surface area contributed by atoms with Crippen molar-refractivity contribution < 1.29 is 13.9 Å². The average molecular weight is 412 g/mol. The molecule has 0 unspecified atom stereocenters. The van der Waals surface area contributed by atoms with E-state index in [0.717, 1.165) is 11.1 Å². The number of esters is 1. The standard InChI is InChI=1S/C20H14ClN3O3S/c1-12(17-23-24-18(27-17)13-6-3-2-4-7-13)26-20(25)16-11-28-19(22-16)14-8-5-9-15(21)10-14/h2-12H,1H3/t12-/m1/s1. The number of rotatable bonds is 5. The molecule has 2 aromatic heterocycles.